The van der Waals surface area contributed by atoms with Gasteiger partial charge in [-0.15, -0.1) is 0 Å². The van der Waals surface area contributed by atoms with Crippen LogP contribution >= 0.6 is 0 Å². The van der Waals surface area contributed by atoms with Crippen molar-refractivity contribution in [2.75, 3.05) is 5.08 Å². The van der Waals surface area contributed by atoms with Gasteiger partial charge in [-0.05, 0) is 47.5 Å². The van der Waals surface area contributed by atoms with Crippen LogP contribution in [0.5, 0.6) is 0 Å². The zero-order chi connectivity index (χ0) is 21.7. The van der Waals surface area contributed by atoms with E-state index in [0.29, 0.717) is 11.1 Å². The summed E-state index contributed by atoms with van der Waals surface area (Å²) in [6.45, 7) is 0. The van der Waals surface area contributed by atoms with Crippen LogP contribution in [0, 0.1) is 0 Å². The molecular weight excluding hydrogens is 420 g/mol. The number of aromatic carboxylic acids is 2. The van der Waals surface area contributed by atoms with E-state index < -0.39 is 36.7 Å². The molecule has 2 aromatic rings. The van der Waals surface area contributed by atoms with Gasteiger partial charge in [-0.2, -0.15) is 0 Å². The summed E-state index contributed by atoms with van der Waals surface area (Å²) in [5.41, 5.74) is 0.860. The van der Waals surface area contributed by atoms with Crippen molar-refractivity contribution in [3.63, 3.8) is 0 Å². The van der Waals surface area contributed by atoms with Crippen molar-refractivity contribution < 1.29 is 36.6 Å². The van der Waals surface area contributed by atoms with E-state index in [1.807, 2.05) is 0 Å². The zero-order valence-corrected chi connectivity index (χ0v) is 16.4. The van der Waals surface area contributed by atoms with Crippen LogP contribution in [0.2, 0.25) is 0 Å². The molecular formula is C19H16O8S2. The molecule has 0 heterocycles. The highest BCUT2D eigenvalue weighted by atomic mass is 32.3. The van der Waals surface area contributed by atoms with E-state index in [1.54, 1.807) is 0 Å². The monoisotopic (exact) mass is 436 g/mol. The first-order chi connectivity index (χ1) is 13.5. The maximum absolute atomic E-state index is 12.1. The predicted octanol–water partition coefficient (Wildman–Crippen LogP) is 2.51. The van der Waals surface area contributed by atoms with Crippen molar-refractivity contribution in [2.45, 2.75) is 0 Å². The lowest BCUT2D eigenvalue weighted by Gasteiger charge is -2.00. The minimum Gasteiger partial charge on any atom is -0.478 e. The number of rotatable bonds is 8. The van der Waals surface area contributed by atoms with Gasteiger partial charge >= 0.3 is 11.9 Å². The summed E-state index contributed by atoms with van der Waals surface area (Å²) in [7, 11) is -8.20. The van der Waals surface area contributed by atoms with Gasteiger partial charge in [-0.1, -0.05) is 24.3 Å². The molecule has 0 saturated carbocycles. The number of carboxylic acids is 2. The van der Waals surface area contributed by atoms with Crippen molar-refractivity contribution in [1.82, 2.24) is 0 Å². The van der Waals surface area contributed by atoms with Gasteiger partial charge in [0.15, 0.2) is 24.8 Å². The Bertz CT molecular complexity index is 1080. The molecule has 0 atom stereocenters. The number of hydrogen-bond donors (Lipinski definition) is 2. The van der Waals surface area contributed by atoms with E-state index in [0.717, 1.165) is 10.8 Å². The average molecular weight is 436 g/mol. The Hall–Kier alpha value is -3.24. The standard InChI is InChI=1S/C19H16O8S2/c20-18(21)16-5-1-14(2-6-16)9-11-28(24,25)13-29(26,27)12-10-15-3-7-17(8-4-15)19(22)23/h1-12H,13H2,(H,20,21)(H,22,23)/b11-9+,12-10+. The molecule has 0 bridgehead atoms. The summed E-state index contributed by atoms with van der Waals surface area (Å²) in [4.78, 5) is 21.6. The number of carbonyl (C=O) groups is 2. The van der Waals surface area contributed by atoms with Crippen LogP contribution in [0.1, 0.15) is 31.8 Å². The molecule has 2 N–H and O–H groups in total. The topological polar surface area (TPSA) is 143 Å². The Morgan fingerprint density at radius 2 is 0.966 bits per heavy atom. The Morgan fingerprint density at radius 1 is 0.655 bits per heavy atom. The molecule has 0 aliphatic heterocycles. The van der Waals surface area contributed by atoms with Crippen molar-refractivity contribution in [3.8, 4) is 0 Å². The highest BCUT2D eigenvalue weighted by Crippen LogP contribution is 2.11. The number of sulfone groups is 2. The van der Waals surface area contributed by atoms with Gasteiger partial charge in [-0.25, -0.2) is 26.4 Å². The number of hydrogen-bond acceptors (Lipinski definition) is 6. The first kappa shape index (κ1) is 22.1. The molecule has 0 radical (unpaired) electrons. The quantitative estimate of drug-likeness (QED) is 0.642. The van der Waals surface area contributed by atoms with Crippen molar-refractivity contribution >= 4 is 43.8 Å². The maximum Gasteiger partial charge on any atom is 0.335 e. The fourth-order valence-electron chi connectivity index (χ4n) is 2.15. The van der Waals surface area contributed by atoms with E-state index in [-0.39, 0.29) is 11.1 Å². The molecule has 0 aromatic heterocycles. The lowest BCUT2D eigenvalue weighted by molar-refractivity contribution is 0.0686. The Morgan fingerprint density at radius 3 is 1.24 bits per heavy atom. The van der Waals surface area contributed by atoms with Crippen molar-refractivity contribution in [2.24, 2.45) is 0 Å². The zero-order valence-electron chi connectivity index (χ0n) is 14.8. The van der Waals surface area contributed by atoms with Crippen LogP contribution in [0.25, 0.3) is 12.2 Å². The lowest BCUT2D eigenvalue weighted by Crippen LogP contribution is -2.11. The molecule has 0 spiro atoms. The van der Waals surface area contributed by atoms with Gasteiger partial charge in [0.25, 0.3) is 0 Å². The Labute approximate surface area is 167 Å². The molecule has 0 saturated heterocycles. The molecule has 0 fully saturated rings. The summed E-state index contributed by atoms with van der Waals surface area (Å²) in [6.07, 6.45) is 2.34. The third-order valence-corrected chi connectivity index (χ3v) is 7.31. The van der Waals surface area contributed by atoms with E-state index in [1.165, 1.54) is 60.7 Å². The lowest BCUT2D eigenvalue weighted by atomic mass is 10.1. The fourth-order valence-corrected chi connectivity index (χ4v) is 5.33. The maximum atomic E-state index is 12.1. The molecule has 8 nitrogen and oxygen atoms in total. The normalized spacial score (nSPS) is 12.4. The summed E-state index contributed by atoms with van der Waals surface area (Å²) >= 11 is 0. The minimum atomic E-state index is -4.10. The predicted molar refractivity (Wildman–Crippen MR) is 108 cm³/mol. The third kappa shape index (κ3) is 7.01. The molecule has 29 heavy (non-hydrogen) atoms. The van der Waals surface area contributed by atoms with E-state index in [4.69, 9.17) is 10.2 Å². The van der Waals surface area contributed by atoms with Gasteiger partial charge in [0.2, 0.25) is 0 Å². The first-order valence-corrected chi connectivity index (χ1v) is 11.4. The number of carboxylic acid groups (broad SMARTS) is 2. The second-order valence-corrected chi connectivity index (χ2v) is 10.0. The number of benzene rings is 2. The Kier molecular flexibility index (Phi) is 6.72. The summed E-state index contributed by atoms with van der Waals surface area (Å²) in [5, 5.41) is 18.0. The minimum absolute atomic E-state index is 0.0362. The van der Waals surface area contributed by atoms with E-state index in [2.05, 4.69) is 0 Å². The second kappa shape index (κ2) is 8.84. The van der Waals surface area contributed by atoms with Gasteiger partial charge in [0, 0.05) is 10.8 Å². The van der Waals surface area contributed by atoms with E-state index >= 15 is 0 Å². The van der Waals surface area contributed by atoms with Gasteiger partial charge < -0.3 is 10.2 Å². The summed E-state index contributed by atoms with van der Waals surface area (Å²) in [5.74, 6) is -2.24. The van der Waals surface area contributed by atoms with Crippen LogP contribution in [0.4, 0.5) is 0 Å². The van der Waals surface area contributed by atoms with Gasteiger partial charge in [-0.3, -0.25) is 0 Å². The molecule has 0 aliphatic rings. The summed E-state index contributed by atoms with van der Waals surface area (Å²) < 4.78 is 48.3. The molecule has 0 unspecified atom stereocenters. The second-order valence-electron chi connectivity index (χ2n) is 5.90. The molecule has 152 valence electrons. The third-order valence-electron chi connectivity index (χ3n) is 3.58. The highest BCUT2D eigenvalue weighted by molar-refractivity contribution is 8.10. The molecule has 0 amide bonds. The molecule has 0 aliphatic carbocycles. The first-order valence-electron chi connectivity index (χ1n) is 7.96. The summed E-state index contributed by atoms with van der Waals surface area (Å²) in [6, 6.07) is 10.8. The van der Waals surface area contributed by atoms with Crippen molar-refractivity contribution in [3.05, 3.63) is 81.6 Å². The van der Waals surface area contributed by atoms with Crippen LogP contribution in [-0.2, 0) is 19.7 Å². The van der Waals surface area contributed by atoms with Gasteiger partial charge in [0.05, 0.1) is 11.1 Å². The fraction of sp³-hybridized carbons (Fsp3) is 0.0526. The van der Waals surface area contributed by atoms with Crippen LogP contribution < -0.4 is 0 Å². The van der Waals surface area contributed by atoms with Crippen LogP contribution in [-0.4, -0.2) is 44.1 Å². The van der Waals surface area contributed by atoms with E-state index in [9.17, 15) is 26.4 Å². The van der Waals surface area contributed by atoms with Crippen LogP contribution in [0.3, 0.4) is 0 Å². The highest BCUT2D eigenvalue weighted by Gasteiger charge is 2.17. The van der Waals surface area contributed by atoms with Gasteiger partial charge in [0.1, 0.15) is 0 Å². The largest absolute Gasteiger partial charge is 0.478 e. The molecule has 2 rings (SSSR count). The molecule has 2 aromatic carbocycles. The van der Waals surface area contributed by atoms with Crippen molar-refractivity contribution in [1.29, 1.82) is 0 Å². The van der Waals surface area contributed by atoms with Crippen LogP contribution in [0.15, 0.2) is 59.3 Å². The average Bonchev–Trinajstić information content (AvgIpc) is 2.65. The SMILES string of the molecule is O=C(O)c1ccc(/C=C/S(=O)(=O)CS(=O)(=O)/C=C/c2ccc(C(=O)O)cc2)cc1. The molecule has 10 heteroatoms. The smallest absolute Gasteiger partial charge is 0.335 e. The Balaban J connectivity index is 2.09.